The molecule has 0 aliphatic carbocycles. The van der Waals surface area contributed by atoms with Gasteiger partial charge in [-0.25, -0.2) is 9.37 Å². The Hall–Kier alpha value is -1.38. The lowest BCUT2D eigenvalue weighted by Gasteiger charge is -2.37. The SMILES string of the molecule is COCC1CCCN1Cc1nc(C2(O)CCN(Cc3ccccc3F)CC2)cs1. The molecule has 158 valence electrons. The number of ether oxygens (including phenoxy) is 1. The fourth-order valence-electron chi connectivity index (χ4n) is 4.46. The summed E-state index contributed by atoms with van der Waals surface area (Å²) in [5.41, 5.74) is 0.632. The Bertz CT molecular complexity index is 807. The molecule has 2 saturated heterocycles. The van der Waals surface area contributed by atoms with Crippen LogP contribution in [0.2, 0.25) is 0 Å². The lowest BCUT2D eigenvalue weighted by atomic mass is 9.88. The summed E-state index contributed by atoms with van der Waals surface area (Å²) in [7, 11) is 1.76. The van der Waals surface area contributed by atoms with Gasteiger partial charge in [0.1, 0.15) is 16.4 Å². The van der Waals surface area contributed by atoms with Gasteiger partial charge in [0.2, 0.25) is 0 Å². The monoisotopic (exact) mass is 419 g/mol. The van der Waals surface area contributed by atoms with E-state index in [1.807, 2.05) is 17.5 Å². The highest BCUT2D eigenvalue weighted by molar-refractivity contribution is 7.09. The molecule has 29 heavy (non-hydrogen) atoms. The fourth-order valence-corrected chi connectivity index (χ4v) is 5.37. The Kier molecular flexibility index (Phi) is 6.61. The first-order valence-corrected chi connectivity index (χ1v) is 11.3. The highest BCUT2D eigenvalue weighted by Crippen LogP contribution is 2.34. The van der Waals surface area contributed by atoms with Crippen LogP contribution in [0.3, 0.4) is 0 Å². The zero-order chi connectivity index (χ0) is 20.3. The van der Waals surface area contributed by atoms with Crippen LogP contribution in [0.15, 0.2) is 29.6 Å². The van der Waals surface area contributed by atoms with Crippen LogP contribution in [0, 0.1) is 5.82 Å². The summed E-state index contributed by atoms with van der Waals surface area (Å²) in [5.74, 6) is -0.161. The van der Waals surface area contributed by atoms with Crippen molar-refractivity contribution < 1.29 is 14.2 Å². The quantitative estimate of drug-likeness (QED) is 0.746. The maximum Gasteiger partial charge on any atom is 0.127 e. The van der Waals surface area contributed by atoms with Crippen LogP contribution in [-0.4, -0.2) is 59.3 Å². The number of nitrogens with zero attached hydrogens (tertiary/aromatic N) is 3. The Morgan fingerprint density at radius 2 is 2.03 bits per heavy atom. The van der Waals surface area contributed by atoms with E-state index in [2.05, 4.69) is 9.80 Å². The van der Waals surface area contributed by atoms with Crippen LogP contribution >= 0.6 is 11.3 Å². The van der Waals surface area contributed by atoms with Crippen molar-refractivity contribution in [1.29, 1.82) is 0 Å². The second-order valence-electron chi connectivity index (χ2n) is 8.25. The van der Waals surface area contributed by atoms with E-state index >= 15 is 0 Å². The van der Waals surface area contributed by atoms with Gasteiger partial charge in [-0.15, -0.1) is 11.3 Å². The molecule has 2 aromatic rings. The third-order valence-electron chi connectivity index (χ3n) is 6.26. The van der Waals surface area contributed by atoms with Gasteiger partial charge in [-0.05, 0) is 38.3 Å². The van der Waals surface area contributed by atoms with E-state index in [0.29, 0.717) is 31.0 Å². The molecule has 1 aromatic heterocycles. The van der Waals surface area contributed by atoms with Crippen molar-refractivity contribution in [3.63, 3.8) is 0 Å². The topological polar surface area (TPSA) is 48.8 Å². The molecule has 1 atom stereocenters. The molecule has 2 fully saturated rings. The van der Waals surface area contributed by atoms with Crippen molar-refractivity contribution in [2.45, 2.75) is 50.4 Å². The number of aromatic nitrogens is 1. The number of methoxy groups -OCH3 is 1. The Balaban J connectivity index is 1.34. The van der Waals surface area contributed by atoms with E-state index in [1.165, 1.54) is 18.9 Å². The molecule has 1 unspecified atom stereocenters. The second-order valence-corrected chi connectivity index (χ2v) is 9.19. The Labute approximate surface area is 176 Å². The van der Waals surface area contributed by atoms with E-state index in [9.17, 15) is 9.50 Å². The molecule has 1 N–H and O–H groups in total. The molecule has 0 spiro atoms. The molecule has 0 radical (unpaired) electrons. The van der Waals surface area contributed by atoms with Crippen LogP contribution in [-0.2, 0) is 23.4 Å². The fraction of sp³-hybridized carbons (Fsp3) is 0.591. The van der Waals surface area contributed by atoms with Gasteiger partial charge in [-0.1, -0.05) is 18.2 Å². The Morgan fingerprint density at radius 3 is 2.79 bits per heavy atom. The lowest BCUT2D eigenvalue weighted by molar-refractivity contribution is -0.0309. The van der Waals surface area contributed by atoms with Gasteiger partial charge in [0, 0.05) is 43.7 Å². The van der Waals surface area contributed by atoms with Crippen molar-refractivity contribution in [1.82, 2.24) is 14.8 Å². The smallest absolute Gasteiger partial charge is 0.127 e. The van der Waals surface area contributed by atoms with Gasteiger partial charge >= 0.3 is 0 Å². The average molecular weight is 420 g/mol. The molecule has 2 aliphatic heterocycles. The summed E-state index contributed by atoms with van der Waals surface area (Å²) in [6.07, 6.45) is 3.63. The average Bonchev–Trinajstić information content (AvgIpc) is 3.37. The third-order valence-corrected chi connectivity index (χ3v) is 7.09. The number of aliphatic hydroxyl groups is 1. The van der Waals surface area contributed by atoms with Crippen molar-refractivity contribution in [3.05, 3.63) is 51.7 Å². The van der Waals surface area contributed by atoms with Crippen LogP contribution in [0.5, 0.6) is 0 Å². The zero-order valence-electron chi connectivity index (χ0n) is 17.0. The van der Waals surface area contributed by atoms with E-state index in [0.717, 1.165) is 43.5 Å². The molecule has 0 amide bonds. The number of benzene rings is 1. The highest BCUT2D eigenvalue weighted by atomic mass is 32.1. The van der Waals surface area contributed by atoms with Gasteiger partial charge in [0.25, 0.3) is 0 Å². The molecule has 0 saturated carbocycles. The van der Waals surface area contributed by atoms with E-state index < -0.39 is 5.60 Å². The first-order chi connectivity index (χ1) is 14.1. The summed E-state index contributed by atoms with van der Waals surface area (Å²) in [5, 5.41) is 14.3. The van der Waals surface area contributed by atoms with Gasteiger partial charge in [0.15, 0.2) is 0 Å². The summed E-state index contributed by atoms with van der Waals surface area (Å²) in [6, 6.07) is 7.39. The van der Waals surface area contributed by atoms with Crippen molar-refractivity contribution in [3.8, 4) is 0 Å². The molecule has 4 rings (SSSR count). The number of thiazole rings is 1. The minimum absolute atomic E-state index is 0.161. The van der Waals surface area contributed by atoms with Crippen LogP contribution in [0.4, 0.5) is 4.39 Å². The molecular formula is C22H30FN3O2S. The molecule has 1 aromatic carbocycles. The maximum atomic E-state index is 13.9. The van der Waals surface area contributed by atoms with Crippen molar-refractivity contribution in [2.75, 3.05) is 33.4 Å². The molecule has 2 aliphatic rings. The molecular weight excluding hydrogens is 389 g/mol. The minimum Gasteiger partial charge on any atom is -0.383 e. The summed E-state index contributed by atoms with van der Waals surface area (Å²) < 4.78 is 19.3. The lowest BCUT2D eigenvalue weighted by Crippen LogP contribution is -2.42. The number of halogens is 1. The highest BCUT2D eigenvalue weighted by Gasteiger charge is 2.36. The van der Waals surface area contributed by atoms with Crippen LogP contribution in [0.1, 0.15) is 41.9 Å². The summed E-state index contributed by atoms with van der Waals surface area (Å²) >= 11 is 1.64. The maximum absolute atomic E-state index is 13.9. The van der Waals surface area contributed by atoms with Crippen molar-refractivity contribution in [2.24, 2.45) is 0 Å². The summed E-state index contributed by atoms with van der Waals surface area (Å²) in [4.78, 5) is 9.44. The predicted octanol–water partition coefficient (Wildman–Crippen LogP) is 3.38. The minimum atomic E-state index is -0.878. The standard InChI is InChI=1S/C22H30FN3O2S/c1-28-15-18-6-4-10-26(18)14-21-24-20(16-29-21)22(27)8-11-25(12-9-22)13-17-5-2-3-7-19(17)23/h2-3,5,7,16,18,27H,4,6,8-15H2,1H3. The number of hydrogen-bond donors (Lipinski definition) is 1. The van der Waals surface area contributed by atoms with Crippen LogP contribution in [0.25, 0.3) is 0 Å². The number of likely N-dealkylation sites (tertiary alicyclic amines) is 2. The van der Waals surface area contributed by atoms with E-state index in [1.54, 1.807) is 24.5 Å². The number of hydrogen-bond acceptors (Lipinski definition) is 6. The molecule has 7 heteroatoms. The molecule has 0 bridgehead atoms. The molecule has 3 heterocycles. The summed E-state index contributed by atoms with van der Waals surface area (Å²) in [6.45, 7) is 4.73. The number of piperidine rings is 1. The second kappa shape index (κ2) is 9.18. The number of rotatable bonds is 7. The van der Waals surface area contributed by atoms with Crippen molar-refractivity contribution >= 4 is 11.3 Å². The third kappa shape index (κ3) is 4.86. The first-order valence-electron chi connectivity index (χ1n) is 10.4. The van der Waals surface area contributed by atoms with E-state index in [4.69, 9.17) is 9.72 Å². The van der Waals surface area contributed by atoms with Gasteiger partial charge in [-0.2, -0.15) is 0 Å². The van der Waals surface area contributed by atoms with Gasteiger partial charge in [-0.3, -0.25) is 9.80 Å². The first kappa shape index (κ1) is 20.9. The zero-order valence-corrected chi connectivity index (χ0v) is 17.8. The largest absolute Gasteiger partial charge is 0.383 e. The van der Waals surface area contributed by atoms with Gasteiger partial charge < -0.3 is 9.84 Å². The van der Waals surface area contributed by atoms with Gasteiger partial charge in [0.05, 0.1) is 18.8 Å². The van der Waals surface area contributed by atoms with Crippen LogP contribution < -0.4 is 0 Å². The Morgan fingerprint density at radius 1 is 1.24 bits per heavy atom. The predicted molar refractivity (Wildman–Crippen MR) is 112 cm³/mol. The normalized spacial score (nSPS) is 22.9. The van der Waals surface area contributed by atoms with E-state index in [-0.39, 0.29) is 5.82 Å². The molecule has 5 nitrogen and oxygen atoms in total.